The van der Waals surface area contributed by atoms with Gasteiger partial charge in [0.25, 0.3) is 11.8 Å². The van der Waals surface area contributed by atoms with Gasteiger partial charge in [-0.05, 0) is 66.2 Å². The Morgan fingerprint density at radius 3 is 2.21 bits per heavy atom. The maximum atomic E-state index is 12.4. The van der Waals surface area contributed by atoms with Crippen molar-refractivity contribution in [3.8, 4) is 5.69 Å². The van der Waals surface area contributed by atoms with Gasteiger partial charge in [0, 0.05) is 35.9 Å². The van der Waals surface area contributed by atoms with Gasteiger partial charge in [0.2, 0.25) is 0 Å². The van der Waals surface area contributed by atoms with E-state index in [0.717, 1.165) is 11.3 Å². The Labute approximate surface area is 167 Å². The molecule has 0 bridgehead atoms. The molecule has 0 aliphatic rings. The Bertz CT molecular complexity index is 1080. The summed E-state index contributed by atoms with van der Waals surface area (Å²) >= 11 is 0. The highest BCUT2D eigenvalue weighted by Gasteiger charge is 2.09. The van der Waals surface area contributed by atoms with Gasteiger partial charge in [0.05, 0.1) is 6.26 Å². The van der Waals surface area contributed by atoms with Crippen LogP contribution in [-0.4, -0.2) is 16.4 Å². The lowest BCUT2D eigenvalue weighted by atomic mass is 10.1. The van der Waals surface area contributed by atoms with Crippen LogP contribution in [0.4, 0.5) is 5.69 Å². The van der Waals surface area contributed by atoms with E-state index in [1.165, 1.54) is 6.26 Å². The van der Waals surface area contributed by atoms with Crippen LogP contribution in [0.25, 0.3) is 5.69 Å². The molecule has 0 atom stereocenters. The summed E-state index contributed by atoms with van der Waals surface area (Å²) in [5.74, 6) is -0.192. The number of hydrogen-bond acceptors (Lipinski definition) is 3. The zero-order valence-corrected chi connectivity index (χ0v) is 15.5. The monoisotopic (exact) mass is 385 g/mol. The van der Waals surface area contributed by atoms with Gasteiger partial charge in [-0.1, -0.05) is 12.1 Å². The lowest BCUT2D eigenvalue weighted by Gasteiger charge is -2.08. The topological polar surface area (TPSA) is 76.3 Å². The van der Waals surface area contributed by atoms with E-state index in [-0.39, 0.29) is 17.6 Å². The van der Waals surface area contributed by atoms with Crippen molar-refractivity contribution in [1.82, 2.24) is 9.88 Å². The minimum Gasteiger partial charge on any atom is -0.459 e. The number of nitrogens with one attached hydrogen (secondary N) is 2. The Hall–Kier alpha value is -4.06. The lowest BCUT2D eigenvalue weighted by Crippen LogP contribution is -2.22. The first kappa shape index (κ1) is 18.3. The summed E-state index contributed by atoms with van der Waals surface area (Å²) in [6, 6.07) is 21.9. The van der Waals surface area contributed by atoms with Crippen molar-refractivity contribution in [2.45, 2.75) is 6.54 Å². The number of nitrogens with zero attached hydrogens (tertiary/aromatic N) is 1. The number of hydrogen-bond donors (Lipinski definition) is 2. The molecule has 0 aliphatic heterocycles. The Morgan fingerprint density at radius 2 is 1.55 bits per heavy atom. The lowest BCUT2D eigenvalue weighted by molar-refractivity contribution is 0.0950. The number of carbonyl (C=O) groups is 2. The molecular formula is C23H19N3O3. The first-order valence-electron chi connectivity index (χ1n) is 9.14. The molecule has 0 spiro atoms. The molecule has 2 aromatic carbocycles. The molecule has 2 aromatic heterocycles. The second kappa shape index (κ2) is 8.31. The zero-order chi connectivity index (χ0) is 20.1. The highest BCUT2D eigenvalue weighted by atomic mass is 16.3. The van der Waals surface area contributed by atoms with Crippen LogP contribution in [0.1, 0.15) is 26.5 Å². The molecule has 4 aromatic rings. The first-order chi connectivity index (χ1) is 14.2. The quantitative estimate of drug-likeness (QED) is 0.521. The van der Waals surface area contributed by atoms with Gasteiger partial charge in [-0.15, -0.1) is 0 Å². The largest absolute Gasteiger partial charge is 0.459 e. The maximum absolute atomic E-state index is 12.4. The molecule has 29 heavy (non-hydrogen) atoms. The van der Waals surface area contributed by atoms with E-state index in [1.54, 1.807) is 36.4 Å². The molecule has 6 nitrogen and oxygen atoms in total. The maximum Gasteiger partial charge on any atom is 0.291 e. The van der Waals surface area contributed by atoms with Crippen LogP contribution in [0.2, 0.25) is 0 Å². The van der Waals surface area contributed by atoms with Crippen LogP contribution in [0.3, 0.4) is 0 Å². The van der Waals surface area contributed by atoms with Gasteiger partial charge in [-0.25, -0.2) is 0 Å². The van der Waals surface area contributed by atoms with Crippen LogP contribution >= 0.6 is 0 Å². The average molecular weight is 385 g/mol. The van der Waals surface area contributed by atoms with Gasteiger partial charge in [-0.3, -0.25) is 9.59 Å². The number of benzene rings is 2. The highest BCUT2D eigenvalue weighted by molar-refractivity contribution is 6.02. The van der Waals surface area contributed by atoms with Crippen molar-refractivity contribution in [2.75, 3.05) is 5.32 Å². The number of anilines is 1. The molecule has 0 aliphatic carbocycles. The van der Waals surface area contributed by atoms with Crippen molar-refractivity contribution < 1.29 is 14.0 Å². The fraction of sp³-hybridized carbons (Fsp3) is 0.0435. The predicted molar refractivity (Wildman–Crippen MR) is 110 cm³/mol. The van der Waals surface area contributed by atoms with Gasteiger partial charge in [0.1, 0.15) is 0 Å². The smallest absolute Gasteiger partial charge is 0.291 e. The van der Waals surface area contributed by atoms with Gasteiger partial charge in [-0.2, -0.15) is 0 Å². The molecule has 144 valence electrons. The summed E-state index contributed by atoms with van der Waals surface area (Å²) < 4.78 is 7.05. The van der Waals surface area contributed by atoms with E-state index in [9.17, 15) is 9.59 Å². The number of rotatable bonds is 6. The fourth-order valence-electron chi connectivity index (χ4n) is 2.88. The number of aromatic nitrogens is 1. The predicted octanol–water partition coefficient (Wildman–Crippen LogP) is 4.25. The fourth-order valence-corrected chi connectivity index (χ4v) is 2.88. The van der Waals surface area contributed by atoms with Crippen LogP contribution in [0, 0.1) is 0 Å². The van der Waals surface area contributed by atoms with E-state index >= 15 is 0 Å². The zero-order valence-electron chi connectivity index (χ0n) is 15.5. The number of carbonyl (C=O) groups excluding carboxylic acids is 2. The molecule has 0 unspecified atom stereocenters. The van der Waals surface area contributed by atoms with E-state index in [1.807, 2.05) is 53.4 Å². The van der Waals surface area contributed by atoms with Gasteiger partial charge >= 0.3 is 0 Å². The summed E-state index contributed by atoms with van der Waals surface area (Å²) in [5.41, 5.74) is 3.18. The molecule has 6 heteroatoms. The van der Waals surface area contributed by atoms with Crippen molar-refractivity contribution >= 4 is 17.5 Å². The average Bonchev–Trinajstić information content (AvgIpc) is 3.47. The molecule has 0 fully saturated rings. The van der Waals surface area contributed by atoms with E-state index in [2.05, 4.69) is 10.6 Å². The van der Waals surface area contributed by atoms with Crippen LogP contribution < -0.4 is 10.6 Å². The Kier molecular flexibility index (Phi) is 5.25. The molecule has 2 amide bonds. The third kappa shape index (κ3) is 4.44. The molecule has 0 saturated heterocycles. The summed E-state index contributed by atoms with van der Waals surface area (Å²) in [4.78, 5) is 24.3. The molecule has 2 heterocycles. The SMILES string of the molecule is O=C(NCc1ccc(NC(=O)c2ccco2)cc1)c1ccc(-n2cccc2)cc1. The van der Waals surface area contributed by atoms with Crippen LogP contribution in [-0.2, 0) is 6.54 Å². The summed E-state index contributed by atoms with van der Waals surface area (Å²) in [7, 11) is 0. The van der Waals surface area contributed by atoms with Crippen molar-refractivity contribution in [1.29, 1.82) is 0 Å². The summed E-state index contributed by atoms with van der Waals surface area (Å²) in [5, 5.41) is 5.66. The molecular weight excluding hydrogens is 366 g/mol. The standard InChI is InChI=1S/C23H19N3O3/c27-22(18-7-11-20(12-8-18)26-13-1-2-14-26)24-16-17-5-9-19(10-6-17)25-23(28)21-4-3-15-29-21/h1-15H,16H2,(H,24,27)(H,25,28). The molecule has 4 rings (SSSR count). The Morgan fingerprint density at radius 1 is 0.828 bits per heavy atom. The van der Waals surface area contributed by atoms with Crippen LogP contribution in [0.5, 0.6) is 0 Å². The first-order valence-corrected chi connectivity index (χ1v) is 9.14. The van der Waals surface area contributed by atoms with Crippen LogP contribution in [0.15, 0.2) is 95.9 Å². The van der Waals surface area contributed by atoms with Gasteiger partial charge in [0.15, 0.2) is 5.76 Å². The van der Waals surface area contributed by atoms with Crippen molar-refractivity contribution in [3.63, 3.8) is 0 Å². The second-order valence-electron chi connectivity index (χ2n) is 6.45. The summed E-state index contributed by atoms with van der Waals surface area (Å²) in [6.07, 6.45) is 5.36. The van der Waals surface area contributed by atoms with Gasteiger partial charge < -0.3 is 19.6 Å². The van der Waals surface area contributed by atoms with E-state index in [4.69, 9.17) is 4.42 Å². The van der Waals surface area contributed by atoms with Crippen molar-refractivity contribution in [2.24, 2.45) is 0 Å². The number of amides is 2. The van der Waals surface area contributed by atoms with E-state index < -0.39 is 0 Å². The third-order valence-corrected chi connectivity index (χ3v) is 4.44. The van der Waals surface area contributed by atoms with Crippen molar-refractivity contribution in [3.05, 3.63) is 108 Å². The van der Waals surface area contributed by atoms with E-state index in [0.29, 0.717) is 17.8 Å². The minimum atomic E-state index is -0.306. The molecule has 0 saturated carbocycles. The minimum absolute atomic E-state index is 0.140. The normalized spacial score (nSPS) is 10.5. The number of furan rings is 1. The third-order valence-electron chi connectivity index (χ3n) is 4.44. The molecule has 2 N–H and O–H groups in total. The Balaban J connectivity index is 1.31. The highest BCUT2D eigenvalue weighted by Crippen LogP contribution is 2.13. The second-order valence-corrected chi connectivity index (χ2v) is 6.45. The molecule has 0 radical (unpaired) electrons. The summed E-state index contributed by atoms with van der Waals surface area (Å²) in [6.45, 7) is 0.393.